The summed E-state index contributed by atoms with van der Waals surface area (Å²) in [5.74, 6) is 0.202. The maximum absolute atomic E-state index is 11.5. The van der Waals surface area contributed by atoms with E-state index in [0.29, 0.717) is 6.42 Å². The van der Waals surface area contributed by atoms with Gasteiger partial charge in [-0.05, 0) is 26.0 Å². The molecule has 19 heavy (non-hydrogen) atoms. The molecular weight excluding hydrogens is 248 g/mol. The van der Waals surface area contributed by atoms with Gasteiger partial charge in [-0.25, -0.2) is 4.79 Å². The van der Waals surface area contributed by atoms with Crippen molar-refractivity contribution in [3.05, 3.63) is 22.7 Å². The number of hydrogen-bond acceptors (Lipinski definition) is 6. The lowest BCUT2D eigenvalue weighted by Crippen LogP contribution is -2.27. The van der Waals surface area contributed by atoms with Crippen molar-refractivity contribution in [3.8, 4) is 0 Å². The molecule has 1 aliphatic rings. The van der Waals surface area contributed by atoms with Gasteiger partial charge in [0.05, 0.1) is 12.7 Å². The van der Waals surface area contributed by atoms with E-state index in [1.54, 1.807) is 12.3 Å². The molecule has 0 bridgehead atoms. The van der Waals surface area contributed by atoms with Crippen molar-refractivity contribution >= 4 is 5.82 Å². The van der Waals surface area contributed by atoms with Crippen molar-refractivity contribution in [3.63, 3.8) is 0 Å². The van der Waals surface area contributed by atoms with E-state index < -0.39 is 5.69 Å². The molecule has 0 spiro atoms. The minimum absolute atomic E-state index is 0.0202. The van der Waals surface area contributed by atoms with Gasteiger partial charge < -0.3 is 21.3 Å². The topological polar surface area (TPSA) is 116 Å². The Morgan fingerprint density at radius 1 is 1.47 bits per heavy atom. The Morgan fingerprint density at radius 2 is 2.11 bits per heavy atom. The van der Waals surface area contributed by atoms with Crippen LogP contribution in [0.15, 0.2) is 17.1 Å². The van der Waals surface area contributed by atoms with Crippen LogP contribution >= 0.6 is 0 Å². The van der Waals surface area contributed by atoms with Gasteiger partial charge in [-0.3, -0.25) is 4.57 Å². The van der Waals surface area contributed by atoms with Gasteiger partial charge in [-0.2, -0.15) is 4.98 Å². The summed E-state index contributed by atoms with van der Waals surface area (Å²) in [5.41, 5.74) is 9.46. The quantitative estimate of drug-likeness (QED) is 0.703. The van der Waals surface area contributed by atoms with E-state index in [9.17, 15) is 4.79 Å². The molecule has 7 heteroatoms. The van der Waals surface area contributed by atoms with E-state index >= 15 is 0 Å². The highest BCUT2D eigenvalue weighted by Gasteiger charge is 2.26. The third-order valence-corrected chi connectivity index (χ3v) is 2.45. The van der Waals surface area contributed by atoms with E-state index in [-0.39, 0.29) is 24.8 Å². The highest BCUT2D eigenvalue weighted by Crippen LogP contribution is 2.26. The van der Waals surface area contributed by atoms with Crippen LogP contribution in [0.4, 0.5) is 5.82 Å². The van der Waals surface area contributed by atoms with Gasteiger partial charge >= 0.3 is 5.69 Å². The lowest BCUT2D eigenvalue weighted by molar-refractivity contribution is -0.0245. The monoisotopic (exact) mass is 272 g/mol. The van der Waals surface area contributed by atoms with Crippen LogP contribution in [0.3, 0.4) is 0 Å². The van der Waals surface area contributed by atoms with Gasteiger partial charge in [0, 0.05) is 6.20 Å². The second-order valence-corrected chi connectivity index (χ2v) is 3.51. The lowest BCUT2D eigenvalue weighted by atomic mass is 10.2. The highest BCUT2D eigenvalue weighted by molar-refractivity contribution is 5.23. The second kappa shape index (κ2) is 9.48. The number of nitrogens with two attached hydrogens (primary N) is 2. The zero-order chi connectivity index (χ0) is 14.8. The van der Waals surface area contributed by atoms with E-state index in [0.717, 1.165) is 6.42 Å². The van der Waals surface area contributed by atoms with Gasteiger partial charge in [0.15, 0.2) is 0 Å². The largest absolute Gasteiger partial charge is 0.394 e. The SMILES string of the molecule is CC.CN.Nc1ccn(C2CCC(CO)O2)c(=O)n1. The number of nitrogen functional groups attached to an aromatic ring is 1. The van der Waals surface area contributed by atoms with E-state index in [2.05, 4.69) is 10.7 Å². The van der Waals surface area contributed by atoms with Crippen molar-refractivity contribution in [2.75, 3.05) is 19.4 Å². The molecule has 5 N–H and O–H groups in total. The minimum Gasteiger partial charge on any atom is -0.394 e. The van der Waals surface area contributed by atoms with Crippen LogP contribution in [0.25, 0.3) is 0 Å². The standard InChI is InChI=1S/C9H13N3O3.C2H6.CH5N/c10-7-3-4-12(9(14)11-7)8-2-1-6(5-13)15-8;2*1-2/h3-4,6,8,13H,1-2,5H2,(H2,10,11,14);1-2H3;2H2,1H3. The van der Waals surface area contributed by atoms with Crippen molar-refractivity contribution in [1.82, 2.24) is 9.55 Å². The molecule has 7 nitrogen and oxygen atoms in total. The summed E-state index contributed by atoms with van der Waals surface area (Å²) in [6.45, 7) is 3.98. The molecule has 1 aromatic rings. The predicted molar refractivity (Wildman–Crippen MR) is 74.6 cm³/mol. The molecular formula is C12H24N4O3. The van der Waals surface area contributed by atoms with Crippen LogP contribution < -0.4 is 17.2 Å². The first-order chi connectivity index (χ1) is 9.20. The molecule has 0 aliphatic carbocycles. The van der Waals surface area contributed by atoms with Gasteiger partial charge in [-0.1, -0.05) is 13.8 Å². The van der Waals surface area contributed by atoms with Crippen LogP contribution in [0.1, 0.15) is 32.9 Å². The van der Waals surface area contributed by atoms with Crippen LogP contribution in [0, 0.1) is 0 Å². The Kier molecular flexibility index (Phi) is 8.77. The first kappa shape index (κ1) is 17.6. The fourth-order valence-electron chi connectivity index (χ4n) is 1.67. The van der Waals surface area contributed by atoms with Gasteiger partial charge in [-0.15, -0.1) is 0 Å². The number of aliphatic hydroxyl groups is 1. The Hall–Kier alpha value is -1.44. The summed E-state index contributed by atoms with van der Waals surface area (Å²) in [4.78, 5) is 15.1. The Bertz CT molecular complexity index is 408. The van der Waals surface area contributed by atoms with Crippen LogP contribution in [0.5, 0.6) is 0 Å². The third-order valence-electron chi connectivity index (χ3n) is 2.45. The van der Waals surface area contributed by atoms with Crippen LogP contribution in [-0.2, 0) is 4.74 Å². The summed E-state index contributed by atoms with van der Waals surface area (Å²) in [6.07, 6.45) is 2.51. The third kappa shape index (κ3) is 4.98. The maximum atomic E-state index is 11.5. The molecule has 2 atom stereocenters. The van der Waals surface area contributed by atoms with Gasteiger partial charge in [0.1, 0.15) is 12.0 Å². The molecule has 0 radical (unpaired) electrons. The molecule has 1 aliphatic heterocycles. The first-order valence-corrected chi connectivity index (χ1v) is 6.39. The predicted octanol–water partition coefficient (Wildman–Crippen LogP) is 0.0965. The molecule has 1 fully saturated rings. The highest BCUT2D eigenvalue weighted by atomic mass is 16.5. The van der Waals surface area contributed by atoms with Gasteiger partial charge in [0.2, 0.25) is 0 Å². The van der Waals surface area contributed by atoms with E-state index in [4.69, 9.17) is 15.6 Å². The number of anilines is 1. The summed E-state index contributed by atoms with van der Waals surface area (Å²) < 4.78 is 6.84. The fourth-order valence-corrected chi connectivity index (χ4v) is 1.67. The molecule has 0 aromatic carbocycles. The molecule has 1 aromatic heterocycles. The number of nitrogens with zero attached hydrogens (tertiary/aromatic N) is 2. The number of ether oxygens (including phenoxy) is 1. The molecule has 110 valence electrons. The van der Waals surface area contributed by atoms with Crippen molar-refractivity contribution in [1.29, 1.82) is 0 Å². The molecule has 2 rings (SSSR count). The zero-order valence-corrected chi connectivity index (χ0v) is 11.7. The Morgan fingerprint density at radius 3 is 2.58 bits per heavy atom. The summed E-state index contributed by atoms with van der Waals surface area (Å²) in [6, 6.07) is 1.55. The summed E-state index contributed by atoms with van der Waals surface area (Å²) in [7, 11) is 1.50. The zero-order valence-electron chi connectivity index (χ0n) is 11.7. The molecule has 0 amide bonds. The van der Waals surface area contributed by atoms with E-state index in [1.807, 2.05) is 13.8 Å². The van der Waals surface area contributed by atoms with Crippen molar-refractivity contribution < 1.29 is 9.84 Å². The molecule has 0 saturated carbocycles. The smallest absolute Gasteiger partial charge is 0.351 e. The average Bonchev–Trinajstić information content (AvgIpc) is 2.92. The Labute approximate surface area is 113 Å². The van der Waals surface area contributed by atoms with Gasteiger partial charge in [0.25, 0.3) is 0 Å². The number of aliphatic hydroxyl groups excluding tert-OH is 1. The normalized spacial score (nSPS) is 20.9. The first-order valence-electron chi connectivity index (χ1n) is 6.39. The summed E-state index contributed by atoms with van der Waals surface area (Å²) >= 11 is 0. The second-order valence-electron chi connectivity index (χ2n) is 3.51. The molecule has 2 unspecified atom stereocenters. The Balaban J connectivity index is 0.000000741. The number of aromatic nitrogens is 2. The van der Waals surface area contributed by atoms with Crippen LogP contribution in [0.2, 0.25) is 0 Å². The van der Waals surface area contributed by atoms with E-state index in [1.165, 1.54) is 11.6 Å². The molecule has 2 heterocycles. The van der Waals surface area contributed by atoms with Crippen LogP contribution in [-0.4, -0.2) is 34.4 Å². The number of rotatable bonds is 2. The summed E-state index contributed by atoms with van der Waals surface area (Å²) in [5, 5.41) is 8.90. The molecule has 1 saturated heterocycles. The minimum atomic E-state index is -0.418. The number of hydrogen-bond donors (Lipinski definition) is 3. The maximum Gasteiger partial charge on any atom is 0.351 e. The average molecular weight is 272 g/mol. The fraction of sp³-hybridized carbons (Fsp3) is 0.667. The lowest BCUT2D eigenvalue weighted by Gasteiger charge is -2.14. The van der Waals surface area contributed by atoms with Crippen molar-refractivity contribution in [2.24, 2.45) is 5.73 Å². The van der Waals surface area contributed by atoms with Crippen molar-refractivity contribution in [2.45, 2.75) is 39.0 Å².